The van der Waals surface area contributed by atoms with E-state index in [4.69, 9.17) is 5.73 Å². The molecule has 3 amide bonds. The average molecular weight is 556 g/mol. The molecule has 0 spiro atoms. The molecule has 0 bridgehead atoms. The van der Waals surface area contributed by atoms with Gasteiger partial charge in [0.25, 0.3) is 0 Å². The zero-order chi connectivity index (χ0) is 29.4. The highest BCUT2D eigenvalue weighted by Gasteiger charge is 2.32. The van der Waals surface area contributed by atoms with Crippen LogP contribution in [0.4, 0.5) is 0 Å². The Bertz CT molecular complexity index is 1340. The number of aromatic amines is 1. The number of nitrogens with two attached hydrogens (primary N) is 1. The van der Waals surface area contributed by atoms with Gasteiger partial charge in [-0.3, -0.25) is 14.4 Å². The summed E-state index contributed by atoms with van der Waals surface area (Å²) in [4.78, 5) is 53.2. The summed E-state index contributed by atoms with van der Waals surface area (Å²) >= 11 is 0. The molecule has 40 heavy (non-hydrogen) atoms. The van der Waals surface area contributed by atoms with Crippen LogP contribution >= 0.6 is 0 Å². The first-order valence-corrected chi connectivity index (χ1v) is 12.5. The van der Waals surface area contributed by atoms with Gasteiger partial charge in [-0.1, -0.05) is 30.3 Å². The lowest BCUT2D eigenvalue weighted by Crippen LogP contribution is -2.60. The smallest absolute Gasteiger partial charge is 0.326 e. The van der Waals surface area contributed by atoms with Crippen molar-refractivity contribution in [1.29, 1.82) is 0 Å². The van der Waals surface area contributed by atoms with Crippen LogP contribution in [0.5, 0.6) is 5.75 Å². The third kappa shape index (κ3) is 7.79. The number of amides is 3. The Hall–Kier alpha value is -4.46. The normalized spacial score (nSPS) is 14.9. The van der Waals surface area contributed by atoms with Crippen LogP contribution in [-0.2, 0) is 32.0 Å². The summed E-state index contributed by atoms with van der Waals surface area (Å²) in [7, 11) is 0. The van der Waals surface area contributed by atoms with Crippen molar-refractivity contribution in [3.8, 4) is 5.75 Å². The van der Waals surface area contributed by atoms with Crippen molar-refractivity contribution in [3.05, 3.63) is 65.9 Å². The number of phenols is 1. The van der Waals surface area contributed by atoms with Crippen molar-refractivity contribution in [3.63, 3.8) is 0 Å². The number of hydrogen-bond acceptors (Lipinski definition) is 8. The molecular formula is C27H33N5O8. The van der Waals surface area contributed by atoms with E-state index >= 15 is 0 Å². The van der Waals surface area contributed by atoms with E-state index in [2.05, 4.69) is 20.9 Å². The molecule has 13 nitrogen and oxygen atoms in total. The lowest BCUT2D eigenvalue weighted by Gasteiger charge is -2.25. The summed E-state index contributed by atoms with van der Waals surface area (Å²) in [5, 5.41) is 46.5. The van der Waals surface area contributed by atoms with Gasteiger partial charge in [-0.2, -0.15) is 0 Å². The number of fused-ring (bicyclic) bond motifs is 1. The van der Waals surface area contributed by atoms with E-state index < -0.39 is 60.6 Å². The number of phenolic OH excluding ortho intramolecular Hbond substituents is 1. The lowest BCUT2D eigenvalue weighted by molar-refractivity contribution is -0.142. The summed E-state index contributed by atoms with van der Waals surface area (Å²) < 4.78 is 0. The molecule has 0 saturated heterocycles. The van der Waals surface area contributed by atoms with Crippen LogP contribution in [0.1, 0.15) is 18.1 Å². The van der Waals surface area contributed by atoms with Crippen molar-refractivity contribution >= 4 is 34.6 Å². The first kappa shape index (κ1) is 30.1. The predicted octanol–water partition coefficient (Wildman–Crippen LogP) is -1.10. The maximum atomic E-state index is 12.9. The maximum absolute atomic E-state index is 12.9. The van der Waals surface area contributed by atoms with Gasteiger partial charge in [0.15, 0.2) is 0 Å². The molecule has 1 heterocycles. The number of hydrogen-bond donors (Lipinski definition) is 9. The topological polar surface area (TPSA) is 227 Å². The van der Waals surface area contributed by atoms with E-state index in [1.807, 2.05) is 24.3 Å². The number of carboxylic acids is 1. The molecule has 0 saturated carbocycles. The summed E-state index contributed by atoms with van der Waals surface area (Å²) in [6.07, 6.45) is 0.345. The molecule has 0 radical (unpaired) electrons. The number of aliphatic hydroxyl groups is 2. The van der Waals surface area contributed by atoms with E-state index in [0.29, 0.717) is 5.56 Å². The molecule has 3 aromatic rings. The second kappa shape index (κ2) is 13.6. The fourth-order valence-corrected chi connectivity index (χ4v) is 4.09. The van der Waals surface area contributed by atoms with Gasteiger partial charge in [-0.15, -0.1) is 0 Å². The molecule has 5 unspecified atom stereocenters. The molecule has 13 heteroatoms. The second-order valence-electron chi connectivity index (χ2n) is 9.41. The zero-order valence-corrected chi connectivity index (χ0v) is 21.7. The van der Waals surface area contributed by atoms with Crippen LogP contribution in [0.15, 0.2) is 54.7 Å². The largest absolute Gasteiger partial charge is 0.508 e. The van der Waals surface area contributed by atoms with Gasteiger partial charge >= 0.3 is 5.97 Å². The van der Waals surface area contributed by atoms with E-state index in [1.54, 1.807) is 6.20 Å². The molecule has 0 aliphatic rings. The Kier molecular flexibility index (Phi) is 10.2. The van der Waals surface area contributed by atoms with Crippen LogP contribution in [0, 0.1) is 0 Å². The fourth-order valence-electron chi connectivity index (χ4n) is 4.09. The van der Waals surface area contributed by atoms with E-state index in [1.165, 1.54) is 31.2 Å². The number of nitrogens with one attached hydrogen (secondary N) is 4. The van der Waals surface area contributed by atoms with Gasteiger partial charge in [0.05, 0.1) is 18.8 Å². The SMILES string of the molecule is CC(O)C(NC(=O)C(N)Cc1c[nH]c2ccccc12)C(=O)NC(CO)C(=O)NC(Cc1ccc(O)cc1)C(=O)O. The molecule has 0 aliphatic heterocycles. The number of carbonyl (C=O) groups excluding carboxylic acids is 3. The van der Waals surface area contributed by atoms with Crippen LogP contribution in [0.25, 0.3) is 10.9 Å². The quantitative estimate of drug-likeness (QED) is 0.124. The number of H-pyrrole nitrogens is 1. The molecular weight excluding hydrogens is 522 g/mol. The van der Waals surface area contributed by atoms with Crippen LogP contribution in [0.3, 0.4) is 0 Å². The fraction of sp³-hybridized carbons (Fsp3) is 0.333. The minimum atomic E-state index is -1.58. The Morgan fingerprint density at radius 3 is 2.17 bits per heavy atom. The summed E-state index contributed by atoms with van der Waals surface area (Å²) in [5.41, 5.74) is 8.23. The Morgan fingerprint density at radius 2 is 1.55 bits per heavy atom. The molecule has 1 aromatic heterocycles. The molecule has 2 aromatic carbocycles. The van der Waals surface area contributed by atoms with Crippen LogP contribution in [-0.4, -0.2) is 86.0 Å². The molecule has 3 rings (SSSR count). The van der Waals surface area contributed by atoms with Crippen molar-refractivity contribution in [1.82, 2.24) is 20.9 Å². The van der Waals surface area contributed by atoms with Gasteiger partial charge < -0.3 is 47.1 Å². The Balaban J connectivity index is 1.62. The van der Waals surface area contributed by atoms with Gasteiger partial charge in [-0.25, -0.2) is 4.79 Å². The second-order valence-corrected chi connectivity index (χ2v) is 9.41. The third-order valence-corrected chi connectivity index (χ3v) is 6.32. The van der Waals surface area contributed by atoms with Gasteiger partial charge in [0.2, 0.25) is 17.7 Å². The number of aliphatic hydroxyl groups excluding tert-OH is 2. The van der Waals surface area contributed by atoms with Gasteiger partial charge in [0, 0.05) is 23.5 Å². The molecule has 0 fully saturated rings. The average Bonchev–Trinajstić information content (AvgIpc) is 3.33. The number of aromatic hydroxyl groups is 1. The molecule has 0 aliphatic carbocycles. The summed E-state index contributed by atoms with van der Waals surface area (Å²) in [5.74, 6) is -4.07. The number of benzene rings is 2. The number of carboxylic acid groups (broad SMARTS) is 1. The van der Waals surface area contributed by atoms with Crippen molar-refractivity contribution in [2.45, 2.75) is 50.0 Å². The van der Waals surface area contributed by atoms with Gasteiger partial charge in [0.1, 0.15) is 23.9 Å². The first-order valence-electron chi connectivity index (χ1n) is 12.5. The van der Waals surface area contributed by atoms with E-state index in [-0.39, 0.29) is 18.6 Å². The lowest BCUT2D eigenvalue weighted by atomic mass is 10.0. The monoisotopic (exact) mass is 555 g/mol. The zero-order valence-electron chi connectivity index (χ0n) is 21.7. The highest BCUT2D eigenvalue weighted by molar-refractivity contribution is 5.94. The van der Waals surface area contributed by atoms with Crippen molar-refractivity contribution < 1.29 is 39.6 Å². The van der Waals surface area contributed by atoms with E-state index in [0.717, 1.165) is 16.5 Å². The Morgan fingerprint density at radius 1 is 0.900 bits per heavy atom. The molecule has 214 valence electrons. The van der Waals surface area contributed by atoms with Crippen LogP contribution in [0.2, 0.25) is 0 Å². The number of aliphatic carboxylic acids is 1. The Labute approximate surface area is 229 Å². The van der Waals surface area contributed by atoms with E-state index in [9.17, 15) is 39.6 Å². The number of para-hydroxylation sites is 1. The summed E-state index contributed by atoms with van der Waals surface area (Å²) in [6.45, 7) is 0.367. The first-order chi connectivity index (χ1) is 19.0. The molecule has 10 N–H and O–H groups in total. The number of aromatic nitrogens is 1. The standard InChI is InChI=1S/C27H33N5O8/c1-14(34)23(32-24(36)19(28)11-16-12-29-20-5-3-2-4-18(16)20)26(38)31-22(13-33)25(37)30-21(27(39)40)10-15-6-8-17(35)9-7-15/h2-9,12,14,19,21-23,29,33-35H,10-11,13,28H2,1H3,(H,30,37)(H,31,38)(H,32,36)(H,39,40). The number of rotatable bonds is 13. The van der Waals surface area contributed by atoms with Crippen LogP contribution < -0.4 is 21.7 Å². The number of carbonyl (C=O) groups is 4. The minimum absolute atomic E-state index is 0.0126. The highest BCUT2D eigenvalue weighted by atomic mass is 16.4. The molecule has 5 atom stereocenters. The minimum Gasteiger partial charge on any atom is -0.508 e. The van der Waals surface area contributed by atoms with Crippen molar-refractivity contribution in [2.75, 3.05) is 6.61 Å². The predicted molar refractivity (Wildman–Crippen MR) is 144 cm³/mol. The third-order valence-electron chi connectivity index (χ3n) is 6.32. The highest BCUT2D eigenvalue weighted by Crippen LogP contribution is 2.19. The maximum Gasteiger partial charge on any atom is 0.326 e. The van der Waals surface area contributed by atoms with Gasteiger partial charge in [-0.05, 0) is 42.7 Å². The van der Waals surface area contributed by atoms with Crippen molar-refractivity contribution in [2.24, 2.45) is 5.73 Å². The summed E-state index contributed by atoms with van der Waals surface area (Å²) in [6, 6.07) is 7.59.